The number of rotatable bonds is 4. The number of Topliss-reactive ketones (excluding diaryl/α,β-unsaturated/α-hetero) is 1. The van der Waals surface area contributed by atoms with Crippen LogP contribution in [0.25, 0.3) is 22.4 Å². The number of likely N-dealkylation sites (N-methyl/N-ethyl adjacent to an activating group) is 1. The number of nitrogens with one attached hydrogen (secondary N) is 1. The summed E-state index contributed by atoms with van der Waals surface area (Å²) in [6.45, 7) is 13.4. The standard InChI is InChI=1S/C23H29N5O/c1-5-27-10-12-28(13-11-27)17-8-6-16(7-9-17)19-15-25-22-20(26-19)18(14-24-22)21(29)23(2,3)4/h6-9,14-15H,5,10-13H2,1-4H3,(H,24,25). The molecule has 0 unspecified atom stereocenters. The molecule has 0 aliphatic carbocycles. The third-order valence-electron chi connectivity index (χ3n) is 5.65. The molecule has 0 spiro atoms. The predicted octanol–water partition coefficient (Wildman–Crippen LogP) is 4.00. The van der Waals surface area contributed by atoms with Gasteiger partial charge in [-0.05, 0) is 18.7 Å². The Kier molecular flexibility index (Phi) is 5.13. The summed E-state index contributed by atoms with van der Waals surface area (Å²) < 4.78 is 0. The lowest BCUT2D eigenvalue weighted by Gasteiger charge is -2.35. The van der Waals surface area contributed by atoms with Crippen LogP contribution in [0.4, 0.5) is 5.69 Å². The topological polar surface area (TPSA) is 65.1 Å². The van der Waals surface area contributed by atoms with Crippen molar-refractivity contribution in [2.24, 2.45) is 5.41 Å². The number of H-pyrrole nitrogens is 1. The van der Waals surface area contributed by atoms with E-state index in [0.717, 1.165) is 44.0 Å². The molecule has 4 rings (SSSR count). The van der Waals surface area contributed by atoms with Gasteiger partial charge in [0.25, 0.3) is 0 Å². The van der Waals surface area contributed by atoms with Gasteiger partial charge in [-0.15, -0.1) is 0 Å². The second-order valence-corrected chi connectivity index (χ2v) is 8.70. The SMILES string of the molecule is CCN1CCN(c2ccc(-c3cnc4[nH]cc(C(=O)C(C)(C)C)c4n3)cc2)CC1. The second kappa shape index (κ2) is 7.59. The molecule has 2 aromatic heterocycles. The first-order valence-electron chi connectivity index (χ1n) is 10.3. The normalized spacial score (nSPS) is 15.8. The molecule has 1 aliphatic rings. The summed E-state index contributed by atoms with van der Waals surface area (Å²) in [6, 6.07) is 8.49. The van der Waals surface area contributed by atoms with Crippen LogP contribution in [0, 0.1) is 5.41 Å². The van der Waals surface area contributed by atoms with Crippen LogP contribution in [-0.4, -0.2) is 58.4 Å². The summed E-state index contributed by atoms with van der Waals surface area (Å²) in [5, 5.41) is 0. The molecule has 0 saturated carbocycles. The Labute approximate surface area is 172 Å². The van der Waals surface area contributed by atoms with Crippen LogP contribution in [0.3, 0.4) is 0 Å². The lowest BCUT2D eigenvalue weighted by molar-refractivity contribution is 0.0860. The number of carbonyl (C=O) groups excluding carboxylic acids is 1. The van der Waals surface area contributed by atoms with E-state index in [1.165, 1.54) is 5.69 Å². The molecule has 1 fully saturated rings. The summed E-state index contributed by atoms with van der Waals surface area (Å²) >= 11 is 0. The lowest BCUT2D eigenvalue weighted by atomic mass is 9.87. The van der Waals surface area contributed by atoms with Crippen LogP contribution in [0.2, 0.25) is 0 Å². The van der Waals surface area contributed by atoms with Crippen molar-refractivity contribution in [2.75, 3.05) is 37.6 Å². The molecular formula is C23H29N5O. The van der Waals surface area contributed by atoms with Gasteiger partial charge >= 0.3 is 0 Å². The van der Waals surface area contributed by atoms with Crippen molar-refractivity contribution >= 4 is 22.6 Å². The number of aromatic amines is 1. The molecule has 3 aromatic rings. The Hall–Kier alpha value is -2.73. The Bertz CT molecular complexity index is 1010. The van der Waals surface area contributed by atoms with Gasteiger partial charge in [-0.25, -0.2) is 9.97 Å². The van der Waals surface area contributed by atoms with E-state index in [1.807, 2.05) is 20.8 Å². The number of piperazine rings is 1. The number of hydrogen-bond acceptors (Lipinski definition) is 5. The van der Waals surface area contributed by atoms with Gasteiger partial charge in [-0.2, -0.15) is 0 Å². The molecular weight excluding hydrogens is 362 g/mol. The summed E-state index contributed by atoms with van der Waals surface area (Å²) in [4.78, 5) is 30.0. The molecule has 0 bridgehead atoms. The van der Waals surface area contributed by atoms with Gasteiger partial charge in [0.15, 0.2) is 11.4 Å². The fourth-order valence-electron chi connectivity index (χ4n) is 3.77. The zero-order valence-electron chi connectivity index (χ0n) is 17.7. The first-order chi connectivity index (χ1) is 13.9. The van der Waals surface area contributed by atoms with E-state index in [4.69, 9.17) is 4.98 Å². The minimum absolute atomic E-state index is 0.0665. The van der Waals surface area contributed by atoms with Gasteiger partial charge in [-0.1, -0.05) is 39.8 Å². The minimum atomic E-state index is -0.462. The van der Waals surface area contributed by atoms with Gasteiger partial charge < -0.3 is 14.8 Å². The van der Waals surface area contributed by atoms with E-state index in [0.29, 0.717) is 16.7 Å². The minimum Gasteiger partial charge on any atom is -0.369 e. The van der Waals surface area contributed by atoms with Gasteiger partial charge in [0.2, 0.25) is 0 Å². The Balaban J connectivity index is 1.59. The molecule has 0 amide bonds. The van der Waals surface area contributed by atoms with Crippen LogP contribution in [-0.2, 0) is 0 Å². The quantitative estimate of drug-likeness (QED) is 0.681. The van der Waals surface area contributed by atoms with Crippen LogP contribution >= 0.6 is 0 Å². The van der Waals surface area contributed by atoms with Crippen molar-refractivity contribution in [3.8, 4) is 11.3 Å². The van der Waals surface area contributed by atoms with E-state index < -0.39 is 5.41 Å². The number of nitrogens with zero attached hydrogens (tertiary/aromatic N) is 4. The fraction of sp³-hybridized carbons (Fsp3) is 0.435. The number of hydrogen-bond donors (Lipinski definition) is 1. The smallest absolute Gasteiger partial charge is 0.171 e. The predicted molar refractivity (Wildman–Crippen MR) is 117 cm³/mol. The highest BCUT2D eigenvalue weighted by atomic mass is 16.1. The Morgan fingerprint density at radius 1 is 1.10 bits per heavy atom. The number of fused-ring (bicyclic) bond motifs is 1. The van der Waals surface area contributed by atoms with Crippen molar-refractivity contribution < 1.29 is 4.79 Å². The Morgan fingerprint density at radius 2 is 1.79 bits per heavy atom. The van der Waals surface area contributed by atoms with Gasteiger partial charge in [0.05, 0.1) is 17.5 Å². The molecule has 0 atom stereocenters. The van der Waals surface area contributed by atoms with E-state index in [9.17, 15) is 4.79 Å². The zero-order valence-corrected chi connectivity index (χ0v) is 17.7. The van der Waals surface area contributed by atoms with Crippen LogP contribution < -0.4 is 4.90 Å². The zero-order chi connectivity index (χ0) is 20.6. The van der Waals surface area contributed by atoms with Gasteiger partial charge in [0.1, 0.15) is 5.52 Å². The molecule has 6 nitrogen and oxygen atoms in total. The molecule has 1 aromatic carbocycles. The largest absolute Gasteiger partial charge is 0.369 e. The van der Waals surface area contributed by atoms with Crippen molar-refractivity contribution in [1.29, 1.82) is 0 Å². The summed E-state index contributed by atoms with van der Waals surface area (Å²) in [7, 11) is 0. The molecule has 152 valence electrons. The van der Waals surface area contributed by atoms with E-state index in [2.05, 4.69) is 51.0 Å². The summed E-state index contributed by atoms with van der Waals surface area (Å²) in [6.07, 6.45) is 3.49. The highest BCUT2D eigenvalue weighted by Gasteiger charge is 2.26. The molecule has 0 radical (unpaired) electrons. The van der Waals surface area contributed by atoms with Crippen molar-refractivity contribution in [3.05, 3.63) is 42.2 Å². The van der Waals surface area contributed by atoms with E-state index >= 15 is 0 Å². The molecule has 1 saturated heterocycles. The van der Waals surface area contributed by atoms with Gasteiger partial charge in [-0.3, -0.25) is 4.79 Å². The van der Waals surface area contributed by atoms with Crippen LogP contribution in [0.5, 0.6) is 0 Å². The highest BCUT2D eigenvalue weighted by Crippen LogP contribution is 2.28. The third-order valence-corrected chi connectivity index (χ3v) is 5.65. The van der Waals surface area contributed by atoms with Crippen LogP contribution in [0.15, 0.2) is 36.7 Å². The average molecular weight is 392 g/mol. The Morgan fingerprint density at radius 3 is 2.41 bits per heavy atom. The molecule has 1 N–H and O–H groups in total. The van der Waals surface area contributed by atoms with Crippen molar-refractivity contribution in [3.63, 3.8) is 0 Å². The van der Waals surface area contributed by atoms with Crippen LogP contribution in [0.1, 0.15) is 38.1 Å². The highest BCUT2D eigenvalue weighted by molar-refractivity contribution is 6.08. The maximum absolute atomic E-state index is 12.8. The molecule has 6 heteroatoms. The number of anilines is 1. The fourth-order valence-corrected chi connectivity index (χ4v) is 3.77. The number of aromatic nitrogens is 3. The summed E-state index contributed by atoms with van der Waals surface area (Å²) in [5.74, 6) is 0.0665. The molecule has 29 heavy (non-hydrogen) atoms. The second-order valence-electron chi connectivity index (χ2n) is 8.70. The van der Waals surface area contributed by atoms with Crippen molar-refractivity contribution in [2.45, 2.75) is 27.7 Å². The van der Waals surface area contributed by atoms with E-state index in [-0.39, 0.29) is 5.78 Å². The first-order valence-corrected chi connectivity index (χ1v) is 10.3. The number of carbonyl (C=O) groups is 1. The molecule has 3 heterocycles. The first kappa shape index (κ1) is 19.6. The summed E-state index contributed by atoms with van der Waals surface area (Å²) in [5.41, 5.74) is 4.45. The monoisotopic (exact) mass is 391 g/mol. The maximum Gasteiger partial charge on any atom is 0.171 e. The average Bonchev–Trinajstić information content (AvgIpc) is 3.16. The number of benzene rings is 1. The number of ketones is 1. The molecule has 1 aliphatic heterocycles. The van der Waals surface area contributed by atoms with E-state index in [1.54, 1.807) is 12.4 Å². The third kappa shape index (κ3) is 3.90. The van der Waals surface area contributed by atoms with Gasteiger partial charge in [0, 0.05) is 49.0 Å². The maximum atomic E-state index is 12.8. The lowest BCUT2D eigenvalue weighted by Crippen LogP contribution is -2.46. The van der Waals surface area contributed by atoms with Crippen molar-refractivity contribution in [1.82, 2.24) is 19.9 Å².